The summed E-state index contributed by atoms with van der Waals surface area (Å²) in [6, 6.07) is 7.72. The van der Waals surface area contributed by atoms with E-state index in [1.165, 1.54) is 0 Å². The quantitative estimate of drug-likeness (QED) is 0.730. The van der Waals surface area contributed by atoms with Crippen LogP contribution in [0.15, 0.2) is 24.3 Å². The van der Waals surface area contributed by atoms with E-state index in [0.29, 0.717) is 25.5 Å². The molecule has 0 saturated carbocycles. The van der Waals surface area contributed by atoms with Gasteiger partial charge in [-0.3, -0.25) is 4.79 Å². The summed E-state index contributed by atoms with van der Waals surface area (Å²) in [5.74, 6) is 0.601. The number of ether oxygens (including phenoxy) is 1. The van der Waals surface area contributed by atoms with Gasteiger partial charge in [-0.15, -0.1) is 0 Å². The third kappa shape index (κ3) is 5.72. The summed E-state index contributed by atoms with van der Waals surface area (Å²) in [5.41, 5.74) is 7.41. The number of carbonyl (C=O) groups excluding carboxylic acids is 1. The van der Waals surface area contributed by atoms with E-state index < -0.39 is 0 Å². The second-order valence-electron chi connectivity index (χ2n) is 5.03. The summed E-state index contributed by atoms with van der Waals surface area (Å²) in [4.78, 5) is 12.0. The third-order valence-electron chi connectivity index (χ3n) is 3.52. The predicted molar refractivity (Wildman–Crippen MR) is 82.5 cm³/mol. The highest BCUT2D eigenvalue weighted by atomic mass is 16.5. The van der Waals surface area contributed by atoms with Gasteiger partial charge in [-0.2, -0.15) is 0 Å². The molecular formula is C16H26N2O2. The summed E-state index contributed by atoms with van der Waals surface area (Å²) in [6.45, 7) is 3.34. The van der Waals surface area contributed by atoms with Crippen molar-refractivity contribution in [1.82, 2.24) is 0 Å². The largest absolute Gasteiger partial charge is 0.380 e. The highest BCUT2D eigenvalue weighted by Crippen LogP contribution is 2.18. The first-order valence-corrected chi connectivity index (χ1v) is 7.28. The van der Waals surface area contributed by atoms with Gasteiger partial charge in [-0.25, -0.2) is 0 Å². The fourth-order valence-corrected chi connectivity index (χ4v) is 2.26. The van der Waals surface area contributed by atoms with Crippen LogP contribution in [0.5, 0.6) is 0 Å². The maximum atomic E-state index is 12.0. The molecule has 1 unspecified atom stereocenters. The number of hydrogen-bond donors (Lipinski definition) is 2. The van der Waals surface area contributed by atoms with Gasteiger partial charge in [0.05, 0.1) is 6.61 Å². The Hall–Kier alpha value is -1.39. The Balaban J connectivity index is 2.49. The van der Waals surface area contributed by atoms with E-state index in [2.05, 4.69) is 12.2 Å². The molecule has 20 heavy (non-hydrogen) atoms. The van der Waals surface area contributed by atoms with Gasteiger partial charge in [0.25, 0.3) is 0 Å². The minimum atomic E-state index is 0.0593. The van der Waals surface area contributed by atoms with Crippen molar-refractivity contribution < 1.29 is 9.53 Å². The molecule has 0 spiro atoms. The Morgan fingerprint density at radius 3 is 2.75 bits per heavy atom. The minimum absolute atomic E-state index is 0.0593. The Morgan fingerprint density at radius 2 is 2.10 bits per heavy atom. The van der Waals surface area contributed by atoms with Crippen LogP contribution in [-0.2, 0) is 16.1 Å². The van der Waals surface area contributed by atoms with Gasteiger partial charge in [0.2, 0.25) is 5.91 Å². The maximum absolute atomic E-state index is 12.0. The van der Waals surface area contributed by atoms with Crippen LogP contribution >= 0.6 is 0 Å². The molecule has 112 valence electrons. The van der Waals surface area contributed by atoms with Crippen LogP contribution in [-0.4, -0.2) is 19.6 Å². The number of rotatable bonds is 9. The molecular weight excluding hydrogens is 252 g/mol. The lowest BCUT2D eigenvalue weighted by atomic mass is 9.96. The van der Waals surface area contributed by atoms with Crippen LogP contribution in [0.4, 0.5) is 5.69 Å². The summed E-state index contributed by atoms with van der Waals surface area (Å²) >= 11 is 0. The van der Waals surface area contributed by atoms with E-state index in [9.17, 15) is 4.79 Å². The zero-order chi connectivity index (χ0) is 14.8. The number of nitrogens with one attached hydrogen (secondary N) is 1. The molecule has 1 amide bonds. The third-order valence-corrected chi connectivity index (χ3v) is 3.52. The van der Waals surface area contributed by atoms with E-state index in [-0.39, 0.29) is 5.91 Å². The number of hydrogen-bond acceptors (Lipinski definition) is 3. The fourth-order valence-electron chi connectivity index (χ4n) is 2.26. The molecule has 0 bridgehead atoms. The van der Waals surface area contributed by atoms with Crippen molar-refractivity contribution in [1.29, 1.82) is 0 Å². The summed E-state index contributed by atoms with van der Waals surface area (Å²) in [5, 5.41) is 2.97. The SMILES string of the molecule is CCC(CCN)CCC(=O)Nc1ccccc1COC. The number of anilines is 1. The summed E-state index contributed by atoms with van der Waals surface area (Å²) in [7, 11) is 1.65. The van der Waals surface area contributed by atoms with E-state index in [4.69, 9.17) is 10.5 Å². The van der Waals surface area contributed by atoms with E-state index in [0.717, 1.165) is 30.5 Å². The van der Waals surface area contributed by atoms with Gasteiger partial charge in [0, 0.05) is 24.8 Å². The second-order valence-corrected chi connectivity index (χ2v) is 5.03. The Labute approximate surface area is 121 Å². The van der Waals surface area contributed by atoms with Crippen molar-refractivity contribution >= 4 is 11.6 Å². The smallest absolute Gasteiger partial charge is 0.224 e. The number of nitrogens with two attached hydrogens (primary N) is 1. The monoisotopic (exact) mass is 278 g/mol. The number of benzene rings is 1. The summed E-state index contributed by atoms with van der Waals surface area (Å²) in [6.07, 6.45) is 3.50. The topological polar surface area (TPSA) is 64.4 Å². The molecule has 1 aromatic rings. The first-order chi connectivity index (χ1) is 9.71. The van der Waals surface area contributed by atoms with Crippen LogP contribution < -0.4 is 11.1 Å². The molecule has 3 N–H and O–H groups in total. The molecule has 1 aromatic carbocycles. The van der Waals surface area contributed by atoms with Gasteiger partial charge in [-0.1, -0.05) is 31.5 Å². The van der Waals surface area contributed by atoms with E-state index in [1.807, 2.05) is 24.3 Å². The van der Waals surface area contributed by atoms with Crippen molar-refractivity contribution in [3.05, 3.63) is 29.8 Å². The van der Waals surface area contributed by atoms with Crippen LogP contribution in [0.25, 0.3) is 0 Å². The van der Waals surface area contributed by atoms with Crippen molar-refractivity contribution in [2.75, 3.05) is 19.0 Å². The van der Waals surface area contributed by atoms with E-state index in [1.54, 1.807) is 7.11 Å². The van der Waals surface area contributed by atoms with Crippen molar-refractivity contribution in [3.63, 3.8) is 0 Å². The number of amides is 1. The van der Waals surface area contributed by atoms with Crippen molar-refractivity contribution in [3.8, 4) is 0 Å². The molecule has 0 heterocycles. The highest BCUT2D eigenvalue weighted by Gasteiger charge is 2.10. The molecule has 1 rings (SSSR count). The van der Waals surface area contributed by atoms with Gasteiger partial charge >= 0.3 is 0 Å². The minimum Gasteiger partial charge on any atom is -0.380 e. The normalized spacial score (nSPS) is 12.2. The molecule has 4 nitrogen and oxygen atoms in total. The van der Waals surface area contributed by atoms with Crippen molar-refractivity contribution in [2.45, 2.75) is 39.2 Å². The highest BCUT2D eigenvalue weighted by molar-refractivity contribution is 5.91. The number of para-hydroxylation sites is 1. The standard InChI is InChI=1S/C16H26N2O2/c1-3-13(10-11-17)8-9-16(19)18-15-7-5-4-6-14(15)12-20-2/h4-7,13H,3,8-12,17H2,1-2H3,(H,18,19). The first-order valence-electron chi connectivity index (χ1n) is 7.28. The second kappa shape index (κ2) is 9.50. The Morgan fingerprint density at radius 1 is 1.35 bits per heavy atom. The molecule has 0 aliphatic heterocycles. The Kier molecular flexibility index (Phi) is 7.92. The average Bonchev–Trinajstić information content (AvgIpc) is 2.46. The molecule has 0 saturated heterocycles. The van der Waals surface area contributed by atoms with Crippen LogP contribution in [0.3, 0.4) is 0 Å². The maximum Gasteiger partial charge on any atom is 0.224 e. The fraction of sp³-hybridized carbons (Fsp3) is 0.562. The molecule has 0 fully saturated rings. The van der Waals surface area contributed by atoms with Crippen LogP contribution in [0.1, 0.15) is 38.2 Å². The van der Waals surface area contributed by atoms with Gasteiger partial charge in [0.15, 0.2) is 0 Å². The first kappa shape index (κ1) is 16.7. The molecule has 0 aliphatic rings. The number of carbonyl (C=O) groups is 1. The average molecular weight is 278 g/mol. The molecule has 0 radical (unpaired) electrons. The lowest BCUT2D eigenvalue weighted by molar-refractivity contribution is -0.116. The van der Waals surface area contributed by atoms with Gasteiger partial charge in [-0.05, 0) is 31.4 Å². The molecule has 1 atom stereocenters. The lowest BCUT2D eigenvalue weighted by Gasteiger charge is -2.14. The van der Waals surface area contributed by atoms with Crippen molar-refractivity contribution in [2.24, 2.45) is 11.7 Å². The van der Waals surface area contributed by atoms with Gasteiger partial charge in [0.1, 0.15) is 0 Å². The molecule has 4 heteroatoms. The molecule has 0 aromatic heterocycles. The zero-order valence-electron chi connectivity index (χ0n) is 12.5. The number of methoxy groups -OCH3 is 1. The molecule has 0 aliphatic carbocycles. The predicted octanol–water partition coefficient (Wildman–Crippen LogP) is 2.93. The zero-order valence-corrected chi connectivity index (χ0v) is 12.5. The van der Waals surface area contributed by atoms with E-state index >= 15 is 0 Å². The Bertz CT molecular complexity index is 407. The lowest BCUT2D eigenvalue weighted by Crippen LogP contribution is -2.16. The van der Waals surface area contributed by atoms with Gasteiger partial charge < -0.3 is 15.8 Å². The van der Waals surface area contributed by atoms with Crippen LogP contribution in [0, 0.1) is 5.92 Å². The van der Waals surface area contributed by atoms with Crippen LogP contribution in [0.2, 0.25) is 0 Å². The summed E-state index contributed by atoms with van der Waals surface area (Å²) < 4.78 is 5.13.